The van der Waals surface area contributed by atoms with Gasteiger partial charge in [0.15, 0.2) is 0 Å². The fourth-order valence-electron chi connectivity index (χ4n) is 2.75. The van der Waals surface area contributed by atoms with Crippen molar-refractivity contribution in [2.24, 2.45) is 0 Å². The summed E-state index contributed by atoms with van der Waals surface area (Å²) in [6.45, 7) is 3.29. The molecular weight excluding hydrogens is 307 g/mol. The van der Waals surface area contributed by atoms with E-state index >= 15 is 0 Å². The van der Waals surface area contributed by atoms with Crippen molar-refractivity contribution in [2.75, 3.05) is 23.8 Å². The van der Waals surface area contributed by atoms with Gasteiger partial charge in [-0.2, -0.15) is 0 Å². The molecule has 0 aromatic heterocycles. The standard InChI is InChI=1S/C19H21FN2O2/c1-13-4-2-5-14(10-13)19(23)22-15-7-8-18(17(20)11-15)21-12-16-6-3-9-24-16/h2,4-5,7-8,10-11,16,21H,3,6,9,12H2,1H3,(H,22,23). The molecule has 0 aliphatic carbocycles. The molecule has 126 valence electrons. The van der Waals surface area contributed by atoms with Crippen LogP contribution in [0, 0.1) is 12.7 Å². The van der Waals surface area contributed by atoms with E-state index in [0.717, 1.165) is 25.0 Å². The lowest BCUT2D eigenvalue weighted by molar-refractivity contribution is 0.102. The molecule has 5 heteroatoms. The average molecular weight is 328 g/mol. The van der Waals surface area contributed by atoms with Crippen molar-refractivity contribution in [3.8, 4) is 0 Å². The Labute approximate surface area is 141 Å². The predicted octanol–water partition coefficient (Wildman–Crippen LogP) is 3.98. The molecule has 0 spiro atoms. The molecule has 3 rings (SSSR count). The lowest BCUT2D eigenvalue weighted by Crippen LogP contribution is -2.19. The van der Waals surface area contributed by atoms with E-state index in [1.54, 1.807) is 24.3 Å². The molecule has 4 nitrogen and oxygen atoms in total. The van der Waals surface area contributed by atoms with Gasteiger partial charge in [0.05, 0.1) is 11.8 Å². The molecule has 1 unspecified atom stereocenters. The number of ether oxygens (including phenoxy) is 1. The van der Waals surface area contributed by atoms with Crippen molar-refractivity contribution in [1.29, 1.82) is 0 Å². The first kappa shape index (κ1) is 16.5. The van der Waals surface area contributed by atoms with Crippen LogP contribution in [-0.4, -0.2) is 25.2 Å². The van der Waals surface area contributed by atoms with Crippen LogP contribution in [0.3, 0.4) is 0 Å². The molecule has 1 amide bonds. The molecular formula is C19H21FN2O2. The van der Waals surface area contributed by atoms with E-state index in [9.17, 15) is 9.18 Å². The molecule has 1 saturated heterocycles. The Kier molecular flexibility index (Phi) is 5.11. The first-order valence-corrected chi connectivity index (χ1v) is 8.15. The number of anilines is 2. The molecule has 1 fully saturated rings. The van der Waals surface area contributed by atoms with Gasteiger partial charge in [-0.1, -0.05) is 17.7 Å². The summed E-state index contributed by atoms with van der Waals surface area (Å²) in [5.74, 6) is -0.645. The van der Waals surface area contributed by atoms with E-state index in [4.69, 9.17) is 4.74 Å². The Hall–Kier alpha value is -2.40. The number of rotatable bonds is 5. The second kappa shape index (κ2) is 7.45. The zero-order valence-electron chi connectivity index (χ0n) is 13.6. The van der Waals surface area contributed by atoms with E-state index < -0.39 is 5.82 Å². The Morgan fingerprint density at radius 1 is 1.29 bits per heavy atom. The molecule has 1 heterocycles. The minimum absolute atomic E-state index is 0.144. The van der Waals surface area contributed by atoms with E-state index in [1.165, 1.54) is 6.07 Å². The number of carbonyl (C=O) groups excluding carboxylic acids is 1. The first-order valence-electron chi connectivity index (χ1n) is 8.15. The third kappa shape index (κ3) is 4.11. The van der Waals surface area contributed by atoms with Crippen LogP contribution in [0.25, 0.3) is 0 Å². The quantitative estimate of drug-likeness (QED) is 0.873. The van der Waals surface area contributed by atoms with Crippen LogP contribution in [0.1, 0.15) is 28.8 Å². The molecule has 0 radical (unpaired) electrons. The normalized spacial score (nSPS) is 16.8. The highest BCUT2D eigenvalue weighted by Crippen LogP contribution is 2.21. The van der Waals surface area contributed by atoms with Gasteiger partial charge < -0.3 is 15.4 Å². The Balaban J connectivity index is 1.62. The van der Waals surface area contributed by atoms with E-state index in [0.29, 0.717) is 23.5 Å². The highest BCUT2D eigenvalue weighted by atomic mass is 19.1. The molecule has 2 aromatic rings. The SMILES string of the molecule is Cc1cccc(C(=O)Nc2ccc(NCC3CCCO3)c(F)c2)c1. The van der Waals surface area contributed by atoms with Crippen molar-refractivity contribution >= 4 is 17.3 Å². The third-order valence-corrected chi connectivity index (χ3v) is 4.05. The molecule has 0 saturated carbocycles. The second-order valence-corrected chi connectivity index (χ2v) is 6.03. The summed E-state index contributed by atoms with van der Waals surface area (Å²) >= 11 is 0. The molecule has 1 aliphatic heterocycles. The maximum Gasteiger partial charge on any atom is 0.255 e. The van der Waals surface area contributed by atoms with Crippen molar-refractivity contribution in [3.05, 3.63) is 59.4 Å². The summed E-state index contributed by atoms with van der Waals surface area (Å²) in [7, 11) is 0. The number of amides is 1. The monoisotopic (exact) mass is 328 g/mol. The van der Waals surface area contributed by atoms with Gasteiger partial charge in [0, 0.05) is 24.4 Å². The first-order chi connectivity index (χ1) is 11.6. The summed E-state index contributed by atoms with van der Waals surface area (Å²) in [6, 6.07) is 11.9. The van der Waals surface area contributed by atoms with Crippen molar-refractivity contribution in [1.82, 2.24) is 0 Å². The fourth-order valence-corrected chi connectivity index (χ4v) is 2.75. The van der Waals surface area contributed by atoms with Crippen LogP contribution in [-0.2, 0) is 4.74 Å². The van der Waals surface area contributed by atoms with E-state index in [2.05, 4.69) is 10.6 Å². The molecule has 24 heavy (non-hydrogen) atoms. The van der Waals surface area contributed by atoms with Gasteiger partial charge >= 0.3 is 0 Å². The van der Waals surface area contributed by atoms with Crippen LogP contribution in [0.2, 0.25) is 0 Å². The summed E-state index contributed by atoms with van der Waals surface area (Å²) in [5.41, 5.74) is 2.40. The summed E-state index contributed by atoms with van der Waals surface area (Å²) in [4.78, 5) is 12.2. The largest absolute Gasteiger partial charge is 0.380 e. The van der Waals surface area contributed by atoms with Crippen molar-refractivity contribution in [3.63, 3.8) is 0 Å². The summed E-state index contributed by atoms with van der Waals surface area (Å²) in [5, 5.41) is 5.78. The van der Waals surface area contributed by atoms with Crippen LogP contribution in [0.4, 0.5) is 15.8 Å². The lowest BCUT2D eigenvalue weighted by atomic mass is 10.1. The van der Waals surface area contributed by atoms with E-state index in [-0.39, 0.29) is 12.0 Å². The smallest absolute Gasteiger partial charge is 0.255 e. The minimum Gasteiger partial charge on any atom is -0.380 e. The number of benzene rings is 2. The second-order valence-electron chi connectivity index (χ2n) is 6.03. The Morgan fingerprint density at radius 2 is 2.17 bits per heavy atom. The molecule has 2 aromatic carbocycles. The predicted molar refractivity (Wildman–Crippen MR) is 93.0 cm³/mol. The van der Waals surface area contributed by atoms with Crippen LogP contribution < -0.4 is 10.6 Å². The highest BCUT2D eigenvalue weighted by molar-refractivity contribution is 6.04. The zero-order chi connectivity index (χ0) is 16.9. The Morgan fingerprint density at radius 3 is 2.88 bits per heavy atom. The van der Waals surface area contributed by atoms with Crippen molar-refractivity contribution < 1.29 is 13.9 Å². The van der Waals surface area contributed by atoms with Crippen LogP contribution in [0.15, 0.2) is 42.5 Å². The van der Waals surface area contributed by atoms with Gasteiger partial charge in [-0.05, 0) is 50.1 Å². The number of aryl methyl sites for hydroxylation is 1. The van der Waals surface area contributed by atoms with Crippen LogP contribution >= 0.6 is 0 Å². The van der Waals surface area contributed by atoms with Gasteiger partial charge in [0.25, 0.3) is 5.91 Å². The van der Waals surface area contributed by atoms with Gasteiger partial charge in [-0.25, -0.2) is 4.39 Å². The highest BCUT2D eigenvalue weighted by Gasteiger charge is 2.16. The summed E-state index contributed by atoms with van der Waals surface area (Å²) < 4.78 is 19.7. The lowest BCUT2D eigenvalue weighted by Gasteiger charge is -2.13. The van der Waals surface area contributed by atoms with E-state index in [1.807, 2.05) is 19.1 Å². The average Bonchev–Trinajstić information content (AvgIpc) is 3.07. The molecule has 1 aliphatic rings. The van der Waals surface area contributed by atoms with Crippen molar-refractivity contribution in [2.45, 2.75) is 25.9 Å². The Bertz CT molecular complexity index is 727. The number of nitrogens with one attached hydrogen (secondary N) is 2. The number of hydrogen-bond donors (Lipinski definition) is 2. The van der Waals surface area contributed by atoms with Gasteiger partial charge in [0.2, 0.25) is 0 Å². The number of halogens is 1. The maximum atomic E-state index is 14.2. The van der Waals surface area contributed by atoms with Gasteiger partial charge in [-0.15, -0.1) is 0 Å². The minimum atomic E-state index is -0.393. The zero-order valence-corrected chi connectivity index (χ0v) is 13.6. The molecule has 1 atom stereocenters. The molecule has 2 N–H and O–H groups in total. The topological polar surface area (TPSA) is 50.4 Å². The van der Waals surface area contributed by atoms with Crippen LogP contribution in [0.5, 0.6) is 0 Å². The third-order valence-electron chi connectivity index (χ3n) is 4.05. The molecule has 0 bridgehead atoms. The number of carbonyl (C=O) groups is 1. The fraction of sp³-hybridized carbons (Fsp3) is 0.316. The maximum absolute atomic E-state index is 14.2. The summed E-state index contributed by atoms with van der Waals surface area (Å²) in [6.07, 6.45) is 2.20. The number of hydrogen-bond acceptors (Lipinski definition) is 3. The van der Waals surface area contributed by atoms with Gasteiger partial charge in [0.1, 0.15) is 5.82 Å². The van der Waals surface area contributed by atoms with Gasteiger partial charge in [-0.3, -0.25) is 4.79 Å².